The van der Waals surface area contributed by atoms with Crippen LogP contribution in [0.1, 0.15) is 12.5 Å². The lowest BCUT2D eigenvalue weighted by Crippen LogP contribution is -2.06. The van der Waals surface area contributed by atoms with Crippen molar-refractivity contribution in [2.24, 2.45) is 0 Å². The molecule has 2 aromatic heterocycles. The summed E-state index contributed by atoms with van der Waals surface area (Å²) in [6.45, 7) is 3.64. The van der Waals surface area contributed by atoms with E-state index in [4.69, 9.17) is 0 Å². The summed E-state index contributed by atoms with van der Waals surface area (Å²) in [5.74, 6) is 1.62. The van der Waals surface area contributed by atoms with Gasteiger partial charge < -0.3 is 10.6 Å². The fourth-order valence-electron chi connectivity index (χ4n) is 1.36. The molecule has 2 heterocycles. The van der Waals surface area contributed by atoms with Crippen molar-refractivity contribution in [2.75, 3.05) is 17.2 Å². The number of nitrogens with zero attached hydrogens (tertiary/aromatic N) is 2. The van der Waals surface area contributed by atoms with Crippen LogP contribution in [-0.2, 0) is 6.54 Å². The molecule has 2 rings (SSSR count). The maximum Gasteiger partial charge on any atom is 0.146 e. The summed E-state index contributed by atoms with van der Waals surface area (Å²) in [7, 11) is 0. The molecule has 4 nitrogen and oxygen atoms in total. The van der Waals surface area contributed by atoms with Crippen molar-refractivity contribution < 1.29 is 0 Å². The van der Waals surface area contributed by atoms with Gasteiger partial charge in [0.25, 0.3) is 0 Å². The third kappa shape index (κ3) is 3.17. The third-order valence-corrected chi connectivity index (χ3v) is 3.66. The van der Waals surface area contributed by atoms with Gasteiger partial charge in [0.05, 0.1) is 0 Å². The molecule has 0 saturated carbocycles. The van der Waals surface area contributed by atoms with E-state index in [1.54, 1.807) is 17.7 Å². The lowest BCUT2D eigenvalue weighted by Gasteiger charge is -2.10. The molecule has 0 spiro atoms. The Balaban J connectivity index is 2.07. The van der Waals surface area contributed by atoms with Crippen molar-refractivity contribution >= 4 is 38.9 Å². The second kappa shape index (κ2) is 5.97. The second-order valence-corrected chi connectivity index (χ2v) is 4.97. The number of aromatic nitrogens is 2. The molecule has 0 radical (unpaired) electrons. The molecule has 2 aromatic rings. The first-order chi connectivity index (χ1) is 8.31. The molecule has 0 atom stereocenters. The lowest BCUT2D eigenvalue weighted by atomic mass is 10.3. The topological polar surface area (TPSA) is 49.8 Å². The molecule has 0 aromatic carbocycles. The van der Waals surface area contributed by atoms with Gasteiger partial charge in [-0.3, -0.25) is 0 Å². The zero-order valence-corrected chi connectivity index (χ0v) is 11.8. The molecule has 0 saturated heterocycles. The SMILES string of the molecule is CCNc1ncnc(NCc2ccsc2)c1Br. The predicted molar refractivity (Wildman–Crippen MR) is 75.5 cm³/mol. The highest BCUT2D eigenvalue weighted by atomic mass is 79.9. The first-order valence-corrected chi connectivity index (χ1v) is 7.04. The summed E-state index contributed by atoms with van der Waals surface area (Å²) in [6.07, 6.45) is 1.55. The molecule has 0 aliphatic heterocycles. The van der Waals surface area contributed by atoms with Gasteiger partial charge in [-0.2, -0.15) is 11.3 Å². The van der Waals surface area contributed by atoms with Crippen molar-refractivity contribution in [1.29, 1.82) is 0 Å². The van der Waals surface area contributed by atoms with Crippen LogP contribution < -0.4 is 10.6 Å². The van der Waals surface area contributed by atoms with Crippen LogP contribution in [0.25, 0.3) is 0 Å². The van der Waals surface area contributed by atoms with Crippen LogP contribution >= 0.6 is 27.3 Å². The van der Waals surface area contributed by atoms with Gasteiger partial charge in [0.1, 0.15) is 22.4 Å². The number of hydrogen-bond donors (Lipinski definition) is 2. The highest BCUT2D eigenvalue weighted by Gasteiger charge is 2.07. The maximum atomic E-state index is 4.21. The van der Waals surface area contributed by atoms with E-state index in [0.29, 0.717) is 0 Å². The molecule has 0 aliphatic carbocycles. The first kappa shape index (κ1) is 12.3. The number of nitrogens with one attached hydrogen (secondary N) is 2. The van der Waals surface area contributed by atoms with Crippen molar-refractivity contribution in [3.05, 3.63) is 33.2 Å². The molecular formula is C11H13BrN4S. The Bertz CT molecular complexity index is 472. The van der Waals surface area contributed by atoms with Crippen LogP contribution in [0.15, 0.2) is 27.6 Å². The molecule has 0 unspecified atom stereocenters. The molecule has 2 N–H and O–H groups in total. The van der Waals surface area contributed by atoms with E-state index in [1.165, 1.54) is 5.56 Å². The monoisotopic (exact) mass is 312 g/mol. The Kier molecular flexibility index (Phi) is 4.33. The van der Waals surface area contributed by atoms with Crippen LogP contribution in [0.2, 0.25) is 0 Å². The molecule has 0 amide bonds. The molecule has 0 fully saturated rings. The highest BCUT2D eigenvalue weighted by molar-refractivity contribution is 9.10. The van der Waals surface area contributed by atoms with Gasteiger partial charge in [0.2, 0.25) is 0 Å². The minimum absolute atomic E-state index is 0.769. The highest BCUT2D eigenvalue weighted by Crippen LogP contribution is 2.26. The fourth-order valence-corrected chi connectivity index (χ4v) is 2.52. The zero-order valence-electron chi connectivity index (χ0n) is 9.40. The summed E-state index contributed by atoms with van der Waals surface area (Å²) in [4.78, 5) is 8.38. The third-order valence-electron chi connectivity index (χ3n) is 2.17. The van der Waals surface area contributed by atoms with E-state index in [-0.39, 0.29) is 0 Å². The molecule has 90 valence electrons. The number of hydrogen-bond acceptors (Lipinski definition) is 5. The van der Waals surface area contributed by atoms with Gasteiger partial charge in [0.15, 0.2) is 0 Å². The minimum atomic E-state index is 0.769. The molecule has 6 heteroatoms. The largest absolute Gasteiger partial charge is 0.369 e. The average molecular weight is 313 g/mol. The minimum Gasteiger partial charge on any atom is -0.369 e. The van der Waals surface area contributed by atoms with Gasteiger partial charge in [-0.15, -0.1) is 0 Å². The van der Waals surface area contributed by atoms with Crippen molar-refractivity contribution in [3.63, 3.8) is 0 Å². The number of rotatable bonds is 5. The number of halogens is 1. The van der Waals surface area contributed by atoms with E-state index in [9.17, 15) is 0 Å². The van der Waals surface area contributed by atoms with E-state index in [2.05, 4.69) is 53.4 Å². The van der Waals surface area contributed by atoms with Crippen molar-refractivity contribution in [3.8, 4) is 0 Å². The number of thiophene rings is 1. The van der Waals surface area contributed by atoms with Crippen LogP contribution in [0.3, 0.4) is 0 Å². The van der Waals surface area contributed by atoms with Crippen LogP contribution in [0, 0.1) is 0 Å². The Morgan fingerprint density at radius 2 is 2.06 bits per heavy atom. The summed E-state index contributed by atoms with van der Waals surface area (Å²) in [5.41, 5.74) is 1.26. The fraction of sp³-hybridized carbons (Fsp3) is 0.273. The summed E-state index contributed by atoms with van der Waals surface area (Å²) < 4.78 is 0.872. The standard InChI is InChI=1S/C11H13BrN4S/c1-2-13-10-9(12)11(16-7-15-10)14-5-8-3-4-17-6-8/h3-4,6-7H,2,5H2,1H3,(H2,13,14,15,16). The van der Waals surface area contributed by atoms with Crippen LogP contribution in [0.5, 0.6) is 0 Å². The summed E-state index contributed by atoms with van der Waals surface area (Å²) in [5, 5.41) is 10.6. The Labute approximate surface area is 113 Å². The van der Waals surface area contributed by atoms with E-state index in [0.717, 1.165) is 29.2 Å². The van der Waals surface area contributed by atoms with E-state index >= 15 is 0 Å². The average Bonchev–Trinajstić information content (AvgIpc) is 2.83. The van der Waals surface area contributed by atoms with Gasteiger partial charge in [-0.25, -0.2) is 9.97 Å². The number of anilines is 2. The van der Waals surface area contributed by atoms with Crippen molar-refractivity contribution in [1.82, 2.24) is 9.97 Å². The van der Waals surface area contributed by atoms with Gasteiger partial charge in [0, 0.05) is 13.1 Å². The Morgan fingerprint density at radius 3 is 2.71 bits per heavy atom. The van der Waals surface area contributed by atoms with Crippen LogP contribution in [-0.4, -0.2) is 16.5 Å². The zero-order chi connectivity index (χ0) is 12.1. The van der Waals surface area contributed by atoms with Gasteiger partial charge >= 0.3 is 0 Å². The molecular weight excluding hydrogens is 300 g/mol. The summed E-state index contributed by atoms with van der Waals surface area (Å²) >= 11 is 5.19. The Morgan fingerprint density at radius 1 is 1.29 bits per heavy atom. The maximum absolute atomic E-state index is 4.21. The van der Waals surface area contributed by atoms with E-state index in [1.807, 2.05) is 6.92 Å². The van der Waals surface area contributed by atoms with Gasteiger partial charge in [-0.1, -0.05) is 0 Å². The molecule has 0 aliphatic rings. The van der Waals surface area contributed by atoms with Crippen molar-refractivity contribution in [2.45, 2.75) is 13.5 Å². The van der Waals surface area contributed by atoms with E-state index < -0.39 is 0 Å². The summed E-state index contributed by atoms with van der Waals surface area (Å²) in [6, 6.07) is 2.10. The molecule has 17 heavy (non-hydrogen) atoms. The van der Waals surface area contributed by atoms with Crippen LogP contribution in [0.4, 0.5) is 11.6 Å². The first-order valence-electron chi connectivity index (χ1n) is 5.30. The normalized spacial score (nSPS) is 10.2. The second-order valence-electron chi connectivity index (χ2n) is 3.40. The smallest absolute Gasteiger partial charge is 0.146 e. The Hall–Kier alpha value is -1.14. The molecule has 0 bridgehead atoms. The lowest BCUT2D eigenvalue weighted by molar-refractivity contribution is 1.06. The quantitative estimate of drug-likeness (QED) is 0.889. The predicted octanol–water partition coefficient (Wildman–Crippen LogP) is 3.34. The van der Waals surface area contributed by atoms with Gasteiger partial charge in [-0.05, 0) is 45.2 Å².